The molecule has 0 spiro atoms. The van der Waals surface area contributed by atoms with Crippen LogP contribution in [0.25, 0.3) is 0 Å². The molecule has 0 saturated carbocycles. The van der Waals surface area contributed by atoms with Crippen molar-refractivity contribution < 1.29 is 326 Å². The second-order valence-electron chi connectivity index (χ2n) is 7.22. The molecule has 55 heteroatoms. The van der Waals surface area contributed by atoms with Crippen molar-refractivity contribution in [1.29, 1.82) is 0 Å². The molecule has 0 aliphatic carbocycles. The predicted octanol–water partition coefficient (Wildman–Crippen LogP) is -25.0. The molecule has 0 fully saturated rings. The van der Waals surface area contributed by atoms with E-state index in [1.165, 1.54) is 0 Å². The van der Waals surface area contributed by atoms with Gasteiger partial charge in [-0.25, -0.2) is 33.7 Å². The van der Waals surface area contributed by atoms with Gasteiger partial charge in [0, 0.05) is 40.8 Å². The Balaban J connectivity index is -0.0000000203. The fourth-order valence-electron chi connectivity index (χ4n) is 0.553. The topological polar surface area (TPSA) is 744 Å². The van der Waals surface area contributed by atoms with Crippen LogP contribution < -0.4 is 201 Å². The molecule has 0 saturated heterocycles. The Hall–Kier alpha value is 5.39. The first kappa shape index (κ1) is 142. The second kappa shape index (κ2) is 77.5. The molecule has 0 amide bonds. The smallest absolute Gasteiger partial charge is 1.00 e. The molecule has 410 valence electrons. The molecule has 0 aromatic heterocycles. The number of aliphatic hydroxyl groups excluding tert-OH is 1. The van der Waals surface area contributed by atoms with Crippen molar-refractivity contribution in [3.8, 4) is 0 Å². The van der Waals surface area contributed by atoms with Gasteiger partial charge < -0.3 is 55.8 Å². The molecule has 0 bridgehead atoms. The van der Waals surface area contributed by atoms with E-state index in [9.17, 15) is 72.9 Å². The van der Waals surface area contributed by atoms with Crippen molar-refractivity contribution in [2.24, 2.45) is 17.2 Å². The van der Waals surface area contributed by atoms with E-state index in [0.29, 0.717) is 10.8 Å². The van der Waals surface area contributed by atoms with E-state index >= 15 is 0 Å². The van der Waals surface area contributed by atoms with Crippen molar-refractivity contribution in [2.75, 3.05) is 49.3 Å². The van der Waals surface area contributed by atoms with Gasteiger partial charge in [-0.05, 0) is 0 Å². The molecule has 71 heavy (non-hydrogen) atoms. The van der Waals surface area contributed by atoms with Gasteiger partial charge in [0.15, 0.2) is 0 Å². The van der Waals surface area contributed by atoms with Gasteiger partial charge in [0.2, 0.25) is 0 Å². The van der Waals surface area contributed by atoms with E-state index in [2.05, 4.69) is 17.5 Å². The molecule has 16 N–H and O–H groups in total. The molecule has 38 nitrogen and oxygen atoms in total. The summed E-state index contributed by atoms with van der Waals surface area (Å²) >= 11 is 0.0312. The third-order valence-electron chi connectivity index (χ3n) is 1.99. The minimum Gasteiger partial charge on any atom is 1.00 e. The van der Waals surface area contributed by atoms with Crippen LogP contribution >= 0.6 is 0 Å². The van der Waals surface area contributed by atoms with Gasteiger partial charge >= 0.3 is 254 Å². The van der Waals surface area contributed by atoms with Crippen LogP contribution in [0.4, 0.5) is 0 Å². The molecule has 0 aromatic carbocycles. The summed E-state index contributed by atoms with van der Waals surface area (Å²) in [6.07, 6.45) is 0. The summed E-state index contributed by atoms with van der Waals surface area (Å²) in [5.41, 5.74) is 14.2. The SMILES string of the molecule is C.C.C.C.C=CS(=O)(=O)[O-].C=CS(=O)(=O)[O-].N.NCCS(=O)(=O)O.NCCS(=O)(=O)[O-].NCCS(=O)(=O)[O-].O=S(=O)(O)CCO.O=S(=O)(O)O.O=S(=O)([O-])[O-].O=S(=O)=O.O=[S](O)(=[Ca])OO.[Na+].[Na+].[Na+].[Na+].[Na+].[Na+]. The monoisotopic (exact) mass is 1340 g/mol. The summed E-state index contributed by atoms with van der Waals surface area (Å²) in [6, 6.07) is 0. The van der Waals surface area contributed by atoms with Crippen molar-refractivity contribution in [2.45, 2.75) is 29.7 Å². The minimum absolute atomic E-state index is 0. The molecular weight excluding hydrogens is 1290 g/mol. The molecule has 0 radical (unpaired) electrons. The first-order chi connectivity index (χ1) is 25.7. The van der Waals surface area contributed by atoms with E-state index in [0.717, 1.165) is 0 Å². The molecule has 0 aliphatic rings. The van der Waals surface area contributed by atoms with Crippen molar-refractivity contribution >= 4 is 130 Å². The Kier molecular flexibility index (Phi) is 154. The van der Waals surface area contributed by atoms with E-state index in [1.54, 1.807) is 0 Å². The summed E-state index contributed by atoms with van der Waals surface area (Å²) < 4.78 is 276. The fourth-order valence-corrected chi connectivity index (χ4v) is 1.66. The summed E-state index contributed by atoms with van der Waals surface area (Å²) in [7, 11) is -37.1. The average molecular weight is 1350 g/mol. The second-order valence-corrected chi connectivity index (χ2v) is 22.9. The largest absolute Gasteiger partial charge is 1.00 e. The maximum Gasteiger partial charge on any atom is 1.00 e. The van der Waals surface area contributed by atoms with Gasteiger partial charge in [-0.2, -0.15) is 25.3 Å². The molecule has 0 heterocycles. The van der Waals surface area contributed by atoms with E-state index in [-0.39, 0.29) is 272 Å². The number of hydrogen-bond donors (Lipinski definition) is 11. The molecule has 0 rings (SSSR count). The van der Waals surface area contributed by atoms with Crippen LogP contribution in [-0.4, -0.2) is 227 Å². The summed E-state index contributed by atoms with van der Waals surface area (Å²) in [5, 5.41) is 16.0. The summed E-state index contributed by atoms with van der Waals surface area (Å²) in [4.78, 5) is 0. The maximum absolute atomic E-state index is 9.71. The molecule has 0 aliphatic heterocycles. The molecule has 1 unspecified atom stereocenters. The third kappa shape index (κ3) is 440. The number of nitrogens with two attached hydrogens (primary N) is 3. The Morgan fingerprint density at radius 2 is 0.620 bits per heavy atom. The zero-order valence-corrected chi connectivity index (χ0v) is 58.0. The van der Waals surface area contributed by atoms with Crippen LogP contribution in [0.15, 0.2) is 24.0 Å². The number of aliphatic hydroxyl groups is 1. The van der Waals surface area contributed by atoms with Gasteiger partial charge in [0.05, 0.1) is 49.9 Å². The van der Waals surface area contributed by atoms with Crippen LogP contribution in [0, 0.1) is 0 Å². The zero-order chi connectivity index (χ0) is 51.9. The van der Waals surface area contributed by atoms with Crippen LogP contribution in [0.1, 0.15) is 29.7 Å². The standard InChI is InChI=1S/3C2H7NO3S.C2H6O4S.2C2H4O3S.4CH4.Ca.H3N.6Na.3H2O4S.O3S/c4*3-1-2-7(4,5)6;2*1-2-6(3,4)5;;;;;;;;;;;;;2*1-5(2,3)4;1-4-5(2)3;1-4(2)3/h3*1-3H2,(H,4,5,6);3H,1-2H2,(H,4,5,6);2*2H,1H2,(H,3,4,5);4*1H4;;1H3;;;;;;;2*(H2,1,2,3,4);1H,(H,2,3);/q;;;;;;;;;;;;6*+1;;;;/p-6. The Morgan fingerprint density at radius 1 is 0.493 bits per heavy atom. The van der Waals surface area contributed by atoms with E-state index in [1.807, 2.05) is 0 Å². The van der Waals surface area contributed by atoms with Crippen LogP contribution in [0.3, 0.4) is 0 Å². The van der Waals surface area contributed by atoms with Crippen molar-refractivity contribution in [3.63, 3.8) is 0 Å². The summed E-state index contributed by atoms with van der Waals surface area (Å²) in [6.45, 7) is 4.72. The van der Waals surface area contributed by atoms with Crippen molar-refractivity contribution in [1.82, 2.24) is 6.15 Å². The molecule has 1 atom stereocenters. The third-order valence-corrected chi connectivity index (χ3v) is 6.45. The quantitative estimate of drug-likeness (QED) is 0.0301. The number of hydrogen-bond acceptors (Lipinski definition) is 33. The Labute approximate surface area is 572 Å². The van der Waals surface area contributed by atoms with Gasteiger partial charge in [0.1, 0.15) is 20.2 Å². The minimum atomic E-state index is -5.17. The first-order valence-corrected chi connectivity index (χ1v) is 29.2. The van der Waals surface area contributed by atoms with E-state index in [4.69, 9.17) is 88.9 Å². The number of rotatable bonds is 11. The average Bonchev–Trinajstić information content (AvgIpc) is 2.89. The molecule has 0 aromatic rings. The molecular formula is C16H54CaN4Na6O34S10. The van der Waals surface area contributed by atoms with Gasteiger partial charge in [-0.15, -0.1) is 12.6 Å². The Morgan fingerprint density at radius 3 is 0.620 bits per heavy atom. The van der Waals surface area contributed by atoms with Crippen LogP contribution in [0.2, 0.25) is 0 Å². The first-order valence-electron chi connectivity index (χ1n) is 11.9. The van der Waals surface area contributed by atoms with E-state index < -0.39 is 120 Å². The van der Waals surface area contributed by atoms with Crippen LogP contribution in [0.5, 0.6) is 0 Å². The van der Waals surface area contributed by atoms with Gasteiger partial charge in [-0.1, -0.05) is 42.9 Å². The van der Waals surface area contributed by atoms with Gasteiger partial charge in [0.25, 0.3) is 20.2 Å². The zero-order valence-electron chi connectivity index (χ0n) is 35.6. The summed E-state index contributed by atoms with van der Waals surface area (Å²) in [5.74, 6) is -1.86. The van der Waals surface area contributed by atoms with Gasteiger partial charge in [-0.3, -0.25) is 26.6 Å². The predicted molar refractivity (Wildman–Crippen MR) is 223 cm³/mol. The maximum atomic E-state index is 9.71. The van der Waals surface area contributed by atoms with Crippen molar-refractivity contribution in [3.05, 3.63) is 24.0 Å². The normalized spacial score (nSPS) is 10.1. The fraction of sp³-hybridized carbons (Fsp3) is 0.750. The Bertz CT molecular complexity index is 2050. The van der Waals surface area contributed by atoms with Crippen LogP contribution in [-0.2, 0) is 101 Å².